The lowest BCUT2D eigenvalue weighted by molar-refractivity contribution is -0.115. The van der Waals surface area contributed by atoms with Crippen LogP contribution in [0.1, 0.15) is 19.8 Å². The van der Waals surface area contributed by atoms with Gasteiger partial charge in [-0.1, -0.05) is 13.3 Å². The quantitative estimate of drug-likeness (QED) is 0.479. The molecule has 16 heavy (non-hydrogen) atoms. The van der Waals surface area contributed by atoms with Crippen molar-refractivity contribution in [1.29, 1.82) is 0 Å². The number of aliphatic hydroxyl groups is 4. The van der Waals surface area contributed by atoms with Gasteiger partial charge in [0.05, 0.1) is 24.9 Å². The Bertz CT molecular complexity index is 202. The number of unbranched alkanes of at least 4 members (excludes halogenated alkanes) is 1. The first-order chi connectivity index (χ1) is 7.60. The van der Waals surface area contributed by atoms with Gasteiger partial charge in [0.2, 0.25) is 0 Å². The molecule has 4 N–H and O–H groups in total. The normalized spacial score (nSPS) is 33.9. The van der Waals surface area contributed by atoms with Crippen molar-refractivity contribution in [2.24, 2.45) is 5.92 Å². The summed E-state index contributed by atoms with van der Waals surface area (Å²) in [6.07, 6.45) is -0.640. The third-order valence-corrected chi connectivity index (χ3v) is 3.26. The minimum Gasteiger partial charge on any atom is -0.394 e. The summed E-state index contributed by atoms with van der Waals surface area (Å²) < 4.78 is 0. The highest BCUT2D eigenvalue weighted by Crippen LogP contribution is 2.21. The van der Waals surface area contributed by atoms with Gasteiger partial charge in [0.15, 0.2) is 0 Å². The fraction of sp³-hybridized carbons (Fsp3) is 1.00. The largest absolute Gasteiger partial charge is 0.394 e. The molecule has 0 bridgehead atoms. The van der Waals surface area contributed by atoms with Gasteiger partial charge in [-0.2, -0.15) is 0 Å². The van der Waals surface area contributed by atoms with Crippen molar-refractivity contribution in [3.63, 3.8) is 0 Å². The smallest absolute Gasteiger partial charge is 0.0929 e. The molecular weight excluding hydrogens is 210 g/mol. The molecule has 0 aliphatic carbocycles. The number of likely N-dealkylation sites (tertiary alicyclic amines) is 1. The summed E-state index contributed by atoms with van der Waals surface area (Å²) in [5, 5.41) is 37.9. The number of aliphatic hydroxyl groups excluding tert-OH is 4. The van der Waals surface area contributed by atoms with Crippen LogP contribution < -0.4 is 0 Å². The summed E-state index contributed by atoms with van der Waals surface area (Å²) >= 11 is 0. The van der Waals surface area contributed by atoms with E-state index in [-0.39, 0.29) is 6.61 Å². The Kier molecular flexibility index (Phi) is 5.64. The zero-order valence-electron chi connectivity index (χ0n) is 9.79. The van der Waals surface area contributed by atoms with Crippen LogP contribution in [0.3, 0.4) is 0 Å². The summed E-state index contributed by atoms with van der Waals surface area (Å²) in [5.74, 6) is -0.467. The first kappa shape index (κ1) is 13.9. The standard InChI is InChI=1S/C11H23NO4/c1-2-3-4-12-5-8(10(15)7-13)11(16)9(14)6-12/h8-11,13-16H,2-7H2,1H3/t8-,9+,10-,11-/m0/s1. The lowest BCUT2D eigenvalue weighted by Crippen LogP contribution is -2.56. The minimum atomic E-state index is -0.964. The molecule has 1 fully saturated rings. The second-order valence-electron chi connectivity index (χ2n) is 4.58. The highest BCUT2D eigenvalue weighted by atomic mass is 16.3. The molecule has 0 aromatic carbocycles. The predicted octanol–water partition coefficient (Wildman–Crippen LogP) is -1.21. The Hall–Kier alpha value is -0.200. The van der Waals surface area contributed by atoms with Gasteiger partial charge in [0, 0.05) is 19.0 Å². The molecule has 1 aliphatic heterocycles. The number of β-amino-alcohol motifs (C(OH)–C–C–N with tert-alkyl or cyclic N) is 1. The van der Waals surface area contributed by atoms with E-state index in [0.717, 1.165) is 19.4 Å². The van der Waals surface area contributed by atoms with Crippen molar-refractivity contribution in [3.05, 3.63) is 0 Å². The van der Waals surface area contributed by atoms with Crippen LogP contribution in [0.4, 0.5) is 0 Å². The van der Waals surface area contributed by atoms with Crippen molar-refractivity contribution in [3.8, 4) is 0 Å². The molecule has 0 saturated carbocycles. The molecule has 1 aliphatic rings. The van der Waals surface area contributed by atoms with Gasteiger partial charge in [-0.25, -0.2) is 0 Å². The van der Waals surface area contributed by atoms with Gasteiger partial charge in [-0.3, -0.25) is 0 Å². The molecule has 0 spiro atoms. The topological polar surface area (TPSA) is 84.2 Å². The highest BCUT2D eigenvalue weighted by Gasteiger charge is 2.37. The van der Waals surface area contributed by atoms with E-state index < -0.39 is 24.2 Å². The summed E-state index contributed by atoms with van der Waals surface area (Å²) in [4.78, 5) is 2.03. The zero-order valence-corrected chi connectivity index (χ0v) is 9.79. The molecule has 1 rings (SSSR count). The van der Waals surface area contributed by atoms with Gasteiger partial charge in [-0.15, -0.1) is 0 Å². The summed E-state index contributed by atoms with van der Waals surface area (Å²) in [5.41, 5.74) is 0. The highest BCUT2D eigenvalue weighted by molar-refractivity contribution is 4.89. The lowest BCUT2D eigenvalue weighted by atomic mass is 9.88. The first-order valence-corrected chi connectivity index (χ1v) is 5.97. The van der Waals surface area contributed by atoms with E-state index in [0.29, 0.717) is 13.1 Å². The van der Waals surface area contributed by atoms with Crippen LogP contribution in [0, 0.1) is 5.92 Å². The lowest BCUT2D eigenvalue weighted by Gasteiger charge is -2.40. The molecule has 5 heteroatoms. The fourth-order valence-corrected chi connectivity index (χ4v) is 2.19. The average Bonchev–Trinajstić information content (AvgIpc) is 2.29. The molecule has 0 unspecified atom stereocenters. The maximum absolute atomic E-state index is 9.73. The van der Waals surface area contributed by atoms with Crippen LogP contribution in [0.5, 0.6) is 0 Å². The summed E-state index contributed by atoms with van der Waals surface area (Å²) in [6.45, 7) is 3.54. The molecule has 0 aromatic rings. The van der Waals surface area contributed by atoms with Crippen LogP contribution in [-0.4, -0.2) is 69.9 Å². The van der Waals surface area contributed by atoms with Crippen LogP contribution in [0.15, 0.2) is 0 Å². The maximum atomic E-state index is 9.73. The molecule has 0 amide bonds. The van der Waals surface area contributed by atoms with Crippen molar-refractivity contribution in [1.82, 2.24) is 4.90 Å². The number of hydrogen-bond donors (Lipinski definition) is 4. The Morgan fingerprint density at radius 1 is 1.31 bits per heavy atom. The van der Waals surface area contributed by atoms with Crippen LogP contribution >= 0.6 is 0 Å². The van der Waals surface area contributed by atoms with E-state index in [1.165, 1.54) is 0 Å². The molecule has 1 heterocycles. The van der Waals surface area contributed by atoms with Crippen molar-refractivity contribution >= 4 is 0 Å². The average molecular weight is 233 g/mol. The van der Waals surface area contributed by atoms with Crippen LogP contribution in [0.25, 0.3) is 0 Å². The second-order valence-corrected chi connectivity index (χ2v) is 4.58. The molecule has 0 radical (unpaired) electrons. The maximum Gasteiger partial charge on any atom is 0.0929 e. The van der Waals surface area contributed by atoms with E-state index in [2.05, 4.69) is 6.92 Å². The van der Waals surface area contributed by atoms with Crippen molar-refractivity contribution in [2.75, 3.05) is 26.2 Å². The Morgan fingerprint density at radius 3 is 2.56 bits per heavy atom. The first-order valence-electron chi connectivity index (χ1n) is 5.97. The SMILES string of the molecule is CCCCN1C[C@@H]([C@@H](O)CO)[C@H](O)[C@H](O)C1. The van der Waals surface area contributed by atoms with Gasteiger partial charge < -0.3 is 25.3 Å². The Labute approximate surface area is 96.3 Å². The van der Waals surface area contributed by atoms with Crippen molar-refractivity contribution < 1.29 is 20.4 Å². The van der Waals surface area contributed by atoms with Gasteiger partial charge >= 0.3 is 0 Å². The monoisotopic (exact) mass is 233 g/mol. The van der Waals surface area contributed by atoms with E-state index >= 15 is 0 Å². The summed E-state index contributed by atoms with van der Waals surface area (Å²) in [6, 6.07) is 0. The third-order valence-electron chi connectivity index (χ3n) is 3.26. The zero-order chi connectivity index (χ0) is 12.1. The number of rotatable bonds is 5. The predicted molar refractivity (Wildman–Crippen MR) is 59.9 cm³/mol. The molecule has 96 valence electrons. The van der Waals surface area contributed by atoms with Gasteiger partial charge in [0.1, 0.15) is 0 Å². The van der Waals surface area contributed by atoms with E-state index in [9.17, 15) is 15.3 Å². The minimum absolute atomic E-state index is 0.379. The van der Waals surface area contributed by atoms with Gasteiger partial charge in [0.25, 0.3) is 0 Å². The number of hydrogen-bond acceptors (Lipinski definition) is 5. The fourth-order valence-electron chi connectivity index (χ4n) is 2.19. The molecule has 0 aromatic heterocycles. The third kappa shape index (κ3) is 3.40. The van der Waals surface area contributed by atoms with Gasteiger partial charge in [-0.05, 0) is 13.0 Å². The molecular formula is C11H23NO4. The molecule has 5 nitrogen and oxygen atoms in total. The number of piperidine rings is 1. The van der Waals surface area contributed by atoms with E-state index in [1.807, 2.05) is 4.90 Å². The molecule has 1 saturated heterocycles. The summed E-state index contributed by atoms with van der Waals surface area (Å²) in [7, 11) is 0. The van der Waals surface area contributed by atoms with Crippen molar-refractivity contribution in [2.45, 2.75) is 38.1 Å². The van der Waals surface area contributed by atoms with E-state index in [1.54, 1.807) is 0 Å². The number of nitrogens with zero attached hydrogens (tertiary/aromatic N) is 1. The Balaban J connectivity index is 2.54. The second kappa shape index (κ2) is 6.51. The molecule has 4 atom stereocenters. The Morgan fingerprint density at radius 2 is 2.00 bits per heavy atom. The van der Waals surface area contributed by atoms with E-state index in [4.69, 9.17) is 5.11 Å². The van der Waals surface area contributed by atoms with Crippen LogP contribution in [-0.2, 0) is 0 Å². The van der Waals surface area contributed by atoms with Crippen LogP contribution in [0.2, 0.25) is 0 Å².